The zero-order valence-corrected chi connectivity index (χ0v) is 11.7. The van der Waals surface area contributed by atoms with Crippen molar-refractivity contribution in [2.24, 2.45) is 0 Å². The van der Waals surface area contributed by atoms with Crippen LogP contribution in [0.2, 0.25) is 0 Å². The van der Waals surface area contributed by atoms with Crippen molar-refractivity contribution in [3.8, 4) is 0 Å². The molecule has 0 saturated heterocycles. The van der Waals surface area contributed by atoms with Crippen LogP contribution in [0.25, 0.3) is 0 Å². The van der Waals surface area contributed by atoms with Gasteiger partial charge in [0, 0.05) is 38.5 Å². The Labute approximate surface area is 111 Å². The topological polar surface area (TPSA) is 118 Å². The van der Waals surface area contributed by atoms with Crippen molar-refractivity contribution in [3.63, 3.8) is 0 Å². The second-order valence-corrected chi connectivity index (χ2v) is 5.28. The van der Waals surface area contributed by atoms with Crippen molar-refractivity contribution in [1.29, 1.82) is 0 Å². The highest BCUT2D eigenvalue weighted by atomic mass is 31.2. The summed E-state index contributed by atoms with van der Waals surface area (Å²) in [6, 6.07) is 0. The summed E-state index contributed by atoms with van der Waals surface area (Å²) in [6.45, 7) is 1.35. The minimum atomic E-state index is -4.54. The molecular formula is C11H19O7P. The summed E-state index contributed by atoms with van der Waals surface area (Å²) in [7, 11) is -4.54. The Hall–Kier alpha value is -0.880. The predicted molar refractivity (Wildman–Crippen MR) is 66.4 cm³/mol. The number of rotatable bonds is 11. The quantitative estimate of drug-likeness (QED) is 0.549. The lowest BCUT2D eigenvalue weighted by Gasteiger charge is -2.04. The predicted octanol–water partition coefficient (Wildman–Crippen LogP) is 1.16. The van der Waals surface area contributed by atoms with Gasteiger partial charge in [-0.25, -0.2) is 4.57 Å². The van der Waals surface area contributed by atoms with E-state index in [9.17, 15) is 18.9 Å². The molecule has 0 spiro atoms. The molecule has 19 heavy (non-hydrogen) atoms. The molecule has 0 atom stereocenters. The van der Waals surface area contributed by atoms with Crippen LogP contribution in [0.15, 0.2) is 0 Å². The van der Waals surface area contributed by atoms with Crippen molar-refractivity contribution in [2.45, 2.75) is 45.4 Å². The van der Waals surface area contributed by atoms with E-state index >= 15 is 0 Å². The molecule has 0 aromatic rings. The molecule has 0 bridgehead atoms. The van der Waals surface area contributed by atoms with Gasteiger partial charge in [-0.05, 0) is 0 Å². The van der Waals surface area contributed by atoms with E-state index in [0.29, 0.717) is 6.42 Å². The number of phosphoric acid groups is 1. The molecule has 0 unspecified atom stereocenters. The van der Waals surface area contributed by atoms with E-state index in [0.717, 1.165) is 0 Å². The van der Waals surface area contributed by atoms with Gasteiger partial charge in [0.25, 0.3) is 0 Å². The summed E-state index contributed by atoms with van der Waals surface area (Å²) in [5, 5.41) is 0. The number of carbonyl (C=O) groups is 3. The van der Waals surface area contributed by atoms with Gasteiger partial charge in [-0.1, -0.05) is 6.92 Å². The number of carbonyl (C=O) groups excluding carboxylic acids is 3. The van der Waals surface area contributed by atoms with Gasteiger partial charge in [0.1, 0.15) is 17.3 Å². The van der Waals surface area contributed by atoms with Crippen molar-refractivity contribution in [3.05, 3.63) is 0 Å². The molecule has 0 aromatic carbocycles. The molecule has 0 aromatic heterocycles. The van der Waals surface area contributed by atoms with Crippen LogP contribution in [0.3, 0.4) is 0 Å². The fourth-order valence-corrected chi connectivity index (χ4v) is 1.59. The largest absolute Gasteiger partial charge is 0.469 e. The van der Waals surface area contributed by atoms with Crippen LogP contribution in [-0.2, 0) is 23.5 Å². The van der Waals surface area contributed by atoms with E-state index in [1.54, 1.807) is 6.92 Å². The molecule has 2 N–H and O–H groups in total. The molecule has 110 valence electrons. The third-order valence-corrected chi connectivity index (χ3v) is 2.92. The molecule has 0 fully saturated rings. The highest BCUT2D eigenvalue weighted by Crippen LogP contribution is 2.35. The molecule has 0 amide bonds. The summed E-state index contributed by atoms with van der Waals surface area (Å²) < 4.78 is 14.4. The Morgan fingerprint density at radius 3 is 1.74 bits per heavy atom. The Kier molecular flexibility index (Phi) is 8.67. The lowest BCUT2D eigenvalue weighted by molar-refractivity contribution is -0.126. The monoisotopic (exact) mass is 294 g/mol. The highest BCUT2D eigenvalue weighted by molar-refractivity contribution is 7.46. The van der Waals surface area contributed by atoms with Crippen LogP contribution in [0.1, 0.15) is 45.4 Å². The first-order chi connectivity index (χ1) is 8.74. The van der Waals surface area contributed by atoms with Crippen molar-refractivity contribution < 1.29 is 33.3 Å². The van der Waals surface area contributed by atoms with Gasteiger partial charge in [0.15, 0.2) is 0 Å². The lowest BCUT2D eigenvalue weighted by Crippen LogP contribution is -2.08. The fraction of sp³-hybridized carbons (Fsp3) is 0.727. The van der Waals surface area contributed by atoms with Crippen molar-refractivity contribution in [1.82, 2.24) is 0 Å². The smallest absolute Gasteiger partial charge is 0.303 e. The van der Waals surface area contributed by atoms with Gasteiger partial charge in [-0.15, -0.1) is 0 Å². The van der Waals surface area contributed by atoms with E-state index in [1.165, 1.54) is 0 Å². The number of hydrogen-bond acceptors (Lipinski definition) is 5. The molecule has 0 saturated carbocycles. The molecule has 0 aliphatic carbocycles. The van der Waals surface area contributed by atoms with Gasteiger partial charge in [-0.3, -0.25) is 18.9 Å². The van der Waals surface area contributed by atoms with E-state index < -0.39 is 7.82 Å². The van der Waals surface area contributed by atoms with Crippen molar-refractivity contribution >= 4 is 25.2 Å². The Balaban J connectivity index is 3.70. The van der Waals surface area contributed by atoms with Gasteiger partial charge < -0.3 is 9.79 Å². The average molecular weight is 294 g/mol. The van der Waals surface area contributed by atoms with Gasteiger partial charge in [0.2, 0.25) is 0 Å². The number of ketones is 3. The SMILES string of the molecule is CCC(=O)CCC(=O)CCC(=O)CCOP(=O)(O)O. The van der Waals surface area contributed by atoms with Gasteiger partial charge in [0.05, 0.1) is 6.61 Å². The molecule has 0 aliphatic heterocycles. The van der Waals surface area contributed by atoms with E-state index in [-0.39, 0.29) is 56.1 Å². The Morgan fingerprint density at radius 1 is 0.895 bits per heavy atom. The summed E-state index contributed by atoms with van der Waals surface area (Å²) in [6.07, 6.45) is 0.636. The number of hydrogen-bond donors (Lipinski definition) is 2. The average Bonchev–Trinajstić information content (AvgIpc) is 2.31. The van der Waals surface area contributed by atoms with Crippen LogP contribution in [0.4, 0.5) is 0 Å². The van der Waals surface area contributed by atoms with E-state index in [4.69, 9.17) is 9.79 Å². The third kappa shape index (κ3) is 11.9. The summed E-state index contributed by atoms with van der Waals surface area (Å²) in [4.78, 5) is 50.4. The minimum Gasteiger partial charge on any atom is -0.303 e. The highest BCUT2D eigenvalue weighted by Gasteiger charge is 2.15. The maximum Gasteiger partial charge on any atom is 0.469 e. The van der Waals surface area contributed by atoms with Crippen molar-refractivity contribution in [2.75, 3.05) is 6.61 Å². The van der Waals surface area contributed by atoms with Gasteiger partial charge >= 0.3 is 7.82 Å². The summed E-state index contributed by atoms with van der Waals surface area (Å²) in [5.74, 6) is -0.454. The zero-order valence-electron chi connectivity index (χ0n) is 10.8. The van der Waals surface area contributed by atoms with Crippen LogP contribution in [-0.4, -0.2) is 33.7 Å². The molecule has 0 rings (SSSR count). The van der Waals surface area contributed by atoms with E-state index in [2.05, 4.69) is 4.52 Å². The summed E-state index contributed by atoms with van der Waals surface area (Å²) >= 11 is 0. The van der Waals surface area contributed by atoms with Crippen LogP contribution >= 0.6 is 7.82 Å². The summed E-state index contributed by atoms with van der Waals surface area (Å²) in [5.41, 5.74) is 0. The van der Waals surface area contributed by atoms with Crippen LogP contribution in [0.5, 0.6) is 0 Å². The Morgan fingerprint density at radius 2 is 1.32 bits per heavy atom. The minimum absolute atomic E-state index is 0.00364. The maximum absolute atomic E-state index is 11.3. The zero-order chi connectivity index (χ0) is 14.9. The number of Topliss-reactive ketones (excluding diaryl/α,β-unsaturated/α-hetero) is 3. The second-order valence-electron chi connectivity index (χ2n) is 4.04. The standard InChI is InChI=1S/C11H19O7P/c1-2-9(12)3-4-10(13)5-6-11(14)7-8-18-19(15,16)17/h2-8H2,1H3,(H2,15,16,17). The van der Waals surface area contributed by atoms with E-state index in [1.807, 2.05) is 0 Å². The normalized spacial score (nSPS) is 11.3. The molecule has 8 heteroatoms. The first-order valence-electron chi connectivity index (χ1n) is 5.99. The Bertz CT molecular complexity index is 371. The third-order valence-electron chi connectivity index (χ3n) is 2.40. The molecule has 0 aliphatic rings. The first kappa shape index (κ1) is 18.1. The molecule has 7 nitrogen and oxygen atoms in total. The fourth-order valence-electron chi connectivity index (χ4n) is 1.26. The first-order valence-corrected chi connectivity index (χ1v) is 7.52. The molecule has 0 radical (unpaired) electrons. The van der Waals surface area contributed by atoms with Crippen LogP contribution in [0, 0.1) is 0 Å². The van der Waals surface area contributed by atoms with Gasteiger partial charge in [-0.2, -0.15) is 0 Å². The number of phosphoric ester groups is 1. The lowest BCUT2D eigenvalue weighted by atomic mass is 10.0. The molecule has 0 heterocycles. The van der Waals surface area contributed by atoms with Crippen LogP contribution < -0.4 is 0 Å². The maximum atomic E-state index is 11.3. The second kappa shape index (κ2) is 9.09. The molecular weight excluding hydrogens is 275 g/mol.